The molecule has 0 aliphatic carbocycles. The van der Waals surface area contributed by atoms with Gasteiger partial charge in [-0.25, -0.2) is 24.3 Å². The number of carbonyl (C=O) groups is 1. The third-order valence-electron chi connectivity index (χ3n) is 4.89. The molecule has 4 rings (SSSR count). The quantitative estimate of drug-likeness (QED) is 0.378. The van der Waals surface area contributed by atoms with E-state index in [-0.39, 0.29) is 34.5 Å². The molecule has 1 fully saturated rings. The Balaban J connectivity index is 1.76. The highest BCUT2D eigenvalue weighted by Gasteiger charge is 2.26. The maximum absolute atomic E-state index is 13.3. The van der Waals surface area contributed by atoms with Crippen LogP contribution in [0, 0.1) is 11.2 Å². The second-order valence-corrected chi connectivity index (χ2v) is 7.49. The number of morpholine rings is 1. The topological polar surface area (TPSA) is 161 Å². The minimum atomic E-state index is -0.548. The lowest BCUT2D eigenvalue weighted by atomic mass is 10.2. The van der Waals surface area contributed by atoms with Gasteiger partial charge in [-0.15, -0.1) is 0 Å². The molecule has 0 radical (unpaired) electrons. The van der Waals surface area contributed by atoms with Crippen molar-refractivity contribution < 1.29 is 13.9 Å². The fraction of sp³-hybridized carbons (Fsp3) is 0.350. The van der Waals surface area contributed by atoms with Crippen molar-refractivity contribution in [3.8, 4) is 0 Å². The van der Waals surface area contributed by atoms with E-state index in [0.29, 0.717) is 37.8 Å². The summed E-state index contributed by atoms with van der Waals surface area (Å²) in [5, 5.41) is 11.4. The van der Waals surface area contributed by atoms with Crippen LogP contribution in [0.4, 0.5) is 10.3 Å². The number of aromatic nitrogens is 6. The van der Waals surface area contributed by atoms with Gasteiger partial charge in [-0.1, -0.05) is 0 Å². The molecule has 1 saturated heterocycles. The largest absolute Gasteiger partial charge is 0.402 e. The smallest absolute Gasteiger partial charge is 0.275 e. The number of imidazole rings is 1. The van der Waals surface area contributed by atoms with Crippen molar-refractivity contribution in [2.45, 2.75) is 19.9 Å². The first-order valence-electron chi connectivity index (χ1n) is 10.2. The maximum Gasteiger partial charge on any atom is 0.275 e. The summed E-state index contributed by atoms with van der Waals surface area (Å²) >= 11 is 0. The predicted molar refractivity (Wildman–Crippen MR) is 117 cm³/mol. The van der Waals surface area contributed by atoms with Gasteiger partial charge in [-0.3, -0.25) is 14.8 Å². The molecule has 4 heterocycles. The molecule has 1 unspecified atom stereocenters. The number of nitrogens with zero attached hydrogens (tertiary/aromatic N) is 7. The summed E-state index contributed by atoms with van der Waals surface area (Å²) in [6, 6.07) is -0.489. The summed E-state index contributed by atoms with van der Waals surface area (Å²) in [5.41, 5.74) is 6.77. The number of halogens is 1. The van der Waals surface area contributed by atoms with Crippen molar-refractivity contribution in [1.29, 1.82) is 5.41 Å². The van der Waals surface area contributed by atoms with Gasteiger partial charge < -0.3 is 20.7 Å². The van der Waals surface area contributed by atoms with Crippen LogP contribution in [0.5, 0.6) is 0 Å². The third-order valence-corrected chi connectivity index (χ3v) is 4.89. The van der Waals surface area contributed by atoms with Gasteiger partial charge >= 0.3 is 0 Å². The second-order valence-electron chi connectivity index (χ2n) is 7.49. The van der Waals surface area contributed by atoms with Gasteiger partial charge in [-0.2, -0.15) is 4.98 Å². The van der Waals surface area contributed by atoms with Crippen molar-refractivity contribution in [3.63, 3.8) is 0 Å². The van der Waals surface area contributed by atoms with E-state index in [4.69, 9.17) is 15.9 Å². The van der Waals surface area contributed by atoms with Crippen LogP contribution in [-0.2, 0) is 4.74 Å². The zero-order valence-corrected chi connectivity index (χ0v) is 18.1. The van der Waals surface area contributed by atoms with E-state index in [2.05, 4.69) is 30.2 Å². The van der Waals surface area contributed by atoms with Gasteiger partial charge in [-0.05, 0) is 19.9 Å². The van der Waals surface area contributed by atoms with Crippen molar-refractivity contribution in [1.82, 2.24) is 34.4 Å². The lowest BCUT2D eigenvalue weighted by Gasteiger charge is -2.26. The van der Waals surface area contributed by atoms with Crippen molar-refractivity contribution >= 4 is 28.9 Å². The van der Waals surface area contributed by atoms with E-state index >= 15 is 0 Å². The number of hydrogen-bond donors (Lipinski definition) is 3. The molecule has 3 aromatic rings. The van der Waals surface area contributed by atoms with Crippen LogP contribution in [0.1, 0.15) is 36.2 Å². The molecule has 0 spiro atoms. The Labute approximate surface area is 188 Å². The standard InChI is InChI=1S/C20H23FN10O2/c1-11(22)7-14(23)31-10-26-15-16(19(32)30-3-5-33-6-4-30)28-20(29-18(15)31)27-12(2)17-24-8-13(21)9-25-17/h7-10,12,23H,3-6,22H2,1-2H3,(H,27,28,29)/b11-7-,23-14?. The van der Waals surface area contributed by atoms with Crippen LogP contribution < -0.4 is 11.1 Å². The number of amides is 1. The molecule has 13 heteroatoms. The van der Waals surface area contributed by atoms with E-state index in [1.54, 1.807) is 18.7 Å². The molecular formula is C20H23FN10O2. The highest BCUT2D eigenvalue weighted by Crippen LogP contribution is 2.21. The molecule has 172 valence electrons. The average Bonchev–Trinajstić information content (AvgIpc) is 3.23. The van der Waals surface area contributed by atoms with Gasteiger partial charge in [0.25, 0.3) is 5.91 Å². The third kappa shape index (κ3) is 4.77. The van der Waals surface area contributed by atoms with E-state index in [0.717, 1.165) is 12.4 Å². The van der Waals surface area contributed by atoms with E-state index in [9.17, 15) is 9.18 Å². The summed E-state index contributed by atoms with van der Waals surface area (Å²) < 4.78 is 19.9. The number of fused-ring (bicyclic) bond motifs is 1. The highest BCUT2D eigenvalue weighted by molar-refractivity contribution is 6.05. The predicted octanol–water partition coefficient (Wildman–Crippen LogP) is 1.09. The minimum absolute atomic E-state index is 0.0295. The van der Waals surface area contributed by atoms with Crippen LogP contribution in [0.3, 0.4) is 0 Å². The maximum atomic E-state index is 13.3. The first-order chi connectivity index (χ1) is 15.8. The van der Waals surface area contributed by atoms with Crippen molar-refractivity contribution in [3.05, 3.63) is 47.8 Å². The number of hydrogen-bond acceptors (Lipinski definition) is 10. The van der Waals surface area contributed by atoms with Gasteiger partial charge in [0.2, 0.25) is 5.95 Å². The zero-order chi connectivity index (χ0) is 23.5. The number of nitrogens with one attached hydrogen (secondary N) is 2. The summed E-state index contributed by atoms with van der Waals surface area (Å²) in [6.45, 7) is 5.14. The molecule has 12 nitrogen and oxygen atoms in total. The van der Waals surface area contributed by atoms with Crippen LogP contribution in [0.25, 0.3) is 11.2 Å². The number of ether oxygens (including phenoxy) is 1. The number of rotatable bonds is 5. The lowest BCUT2D eigenvalue weighted by Crippen LogP contribution is -2.41. The Morgan fingerprint density at radius 3 is 2.64 bits per heavy atom. The first-order valence-corrected chi connectivity index (χ1v) is 10.2. The van der Waals surface area contributed by atoms with Gasteiger partial charge in [0.1, 0.15) is 23.5 Å². The van der Waals surface area contributed by atoms with Crippen LogP contribution >= 0.6 is 0 Å². The van der Waals surface area contributed by atoms with Crippen LogP contribution in [0.2, 0.25) is 0 Å². The Morgan fingerprint density at radius 2 is 1.97 bits per heavy atom. The van der Waals surface area contributed by atoms with Gasteiger partial charge in [0, 0.05) is 18.8 Å². The monoisotopic (exact) mass is 454 g/mol. The molecule has 3 aromatic heterocycles. The van der Waals surface area contributed by atoms with E-state index < -0.39 is 11.9 Å². The summed E-state index contributed by atoms with van der Waals surface area (Å²) in [5.74, 6) is -0.400. The van der Waals surface area contributed by atoms with Gasteiger partial charge in [0.05, 0.1) is 31.6 Å². The van der Waals surface area contributed by atoms with Crippen LogP contribution in [-0.4, -0.2) is 72.4 Å². The summed E-state index contributed by atoms with van der Waals surface area (Å²) in [4.78, 5) is 36.0. The lowest BCUT2D eigenvalue weighted by molar-refractivity contribution is 0.0300. The molecule has 0 saturated carbocycles. The molecule has 1 amide bonds. The highest BCUT2D eigenvalue weighted by atomic mass is 19.1. The van der Waals surface area contributed by atoms with E-state index in [1.165, 1.54) is 17.0 Å². The minimum Gasteiger partial charge on any atom is -0.402 e. The molecule has 1 aliphatic heterocycles. The first kappa shape index (κ1) is 22.2. The molecule has 0 aromatic carbocycles. The summed E-state index contributed by atoms with van der Waals surface area (Å²) in [7, 11) is 0. The number of carbonyl (C=O) groups excluding carboxylic acids is 1. The molecule has 4 N–H and O–H groups in total. The Kier molecular flexibility index (Phi) is 6.22. The second kappa shape index (κ2) is 9.24. The molecule has 33 heavy (non-hydrogen) atoms. The number of nitrogens with two attached hydrogens (primary N) is 1. The van der Waals surface area contributed by atoms with Crippen LogP contribution in [0.15, 0.2) is 30.5 Å². The Bertz CT molecular complexity index is 1210. The zero-order valence-electron chi connectivity index (χ0n) is 18.1. The SMILES string of the molecule is C/C(N)=C/C(=N)n1cnc2c(C(=O)N3CCOCC3)nc(NC(C)c3ncc(F)cn3)nc21. The molecule has 0 bridgehead atoms. The average molecular weight is 454 g/mol. The number of allylic oxidation sites excluding steroid dienone is 2. The fourth-order valence-corrected chi connectivity index (χ4v) is 3.30. The van der Waals surface area contributed by atoms with E-state index in [1.807, 2.05) is 0 Å². The Morgan fingerprint density at radius 1 is 1.27 bits per heavy atom. The Hall–Kier alpha value is -4.00. The normalized spacial score (nSPS) is 15.5. The van der Waals surface area contributed by atoms with Gasteiger partial charge in [0.15, 0.2) is 17.2 Å². The molecule has 1 aliphatic rings. The molecule has 1 atom stereocenters. The summed E-state index contributed by atoms with van der Waals surface area (Å²) in [6.07, 6.45) is 4.98. The van der Waals surface area contributed by atoms with Crippen molar-refractivity contribution in [2.75, 3.05) is 31.6 Å². The number of anilines is 1. The fourth-order valence-electron chi connectivity index (χ4n) is 3.30. The van der Waals surface area contributed by atoms with Crippen molar-refractivity contribution in [2.24, 2.45) is 5.73 Å². The molecular weight excluding hydrogens is 431 g/mol.